The summed E-state index contributed by atoms with van der Waals surface area (Å²) < 4.78 is 5.50. The maximum absolute atomic E-state index is 12.4. The number of aliphatic imine (C=N–C) groups is 1. The van der Waals surface area contributed by atoms with Gasteiger partial charge in [-0.2, -0.15) is 0 Å². The maximum Gasteiger partial charge on any atom is 0.201 e. The van der Waals surface area contributed by atoms with Gasteiger partial charge in [-0.15, -0.1) is 0 Å². The second-order valence-electron chi connectivity index (χ2n) is 4.71. The lowest BCUT2D eigenvalue weighted by atomic mass is 10.1. The molecule has 0 radical (unpaired) electrons. The van der Waals surface area contributed by atoms with Crippen molar-refractivity contribution < 1.29 is 4.42 Å². The van der Waals surface area contributed by atoms with Crippen molar-refractivity contribution in [1.82, 2.24) is 0 Å². The van der Waals surface area contributed by atoms with Gasteiger partial charge in [-0.25, -0.2) is 0 Å². The van der Waals surface area contributed by atoms with Gasteiger partial charge < -0.3 is 4.42 Å². The third-order valence-corrected chi connectivity index (χ3v) is 3.60. The zero-order valence-corrected chi connectivity index (χ0v) is 12.1. The van der Waals surface area contributed by atoms with E-state index in [4.69, 9.17) is 16.0 Å². The predicted molar refractivity (Wildman–Crippen MR) is 85.9 cm³/mol. The fourth-order valence-electron chi connectivity index (χ4n) is 2.01. The van der Waals surface area contributed by atoms with Crippen molar-refractivity contribution in [2.75, 3.05) is 0 Å². The Morgan fingerprint density at radius 1 is 1.19 bits per heavy atom. The topological polar surface area (TPSA) is 42.6 Å². The molecule has 0 fully saturated rings. The van der Waals surface area contributed by atoms with E-state index in [0.717, 1.165) is 11.3 Å². The molecule has 104 valence electrons. The summed E-state index contributed by atoms with van der Waals surface area (Å²) in [6.07, 6.45) is 2.93. The molecule has 0 aliphatic rings. The number of hydrogen-bond acceptors (Lipinski definition) is 3. The molecule has 0 amide bonds. The molecule has 21 heavy (non-hydrogen) atoms. The van der Waals surface area contributed by atoms with Crippen LogP contribution in [0.25, 0.3) is 11.0 Å². The third kappa shape index (κ3) is 2.73. The van der Waals surface area contributed by atoms with E-state index in [2.05, 4.69) is 4.99 Å². The summed E-state index contributed by atoms with van der Waals surface area (Å²) in [7, 11) is 0. The first-order valence-corrected chi connectivity index (χ1v) is 6.84. The number of hydrogen-bond donors (Lipinski definition) is 0. The lowest BCUT2D eigenvalue weighted by molar-refractivity contribution is 0.601. The lowest BCUT2D eigenvalue weighted by Gasteiger charge is -2.02. The Labute approximate surface area is 126 Å². The van der Waals surface area contributed by atoms with Crippen LogP contribution in [0.4, 0.5) is 5.69 Å². The van der Waals surface area contributed by atoms with Crippen molar-refractivity contribution in [2.24, 2.45) is 4.99 Å². The maximum atomic E-state index is 12.4. The number of halogens is 1. The fraction of sp³-hybridized carbons (Fsp3) is 0.0588. The molecule has 2 aromatic carbocycles. The van der Waals surface area contributed by atoms with Crippen LogP contribution in [0.3, 0.4) is 0 Å². The first kappa shape index (κ1) is 13.6. The Balaban J connectivity index is 2.08. The highest BCUT2D eigenvalue weighted by Crippen LogP contribution is 2.21. The molecular formula is C17H12ClNO2. The molecule has 0 bridgehead atoms. The number of fused-ring (bicyclic) bond motifs is 1. The quantitative estimate of drug-likeness (QED) is 0.653. The van der Waals surface area contributed by atoms with Crippen LogP contribution >= 0.6 is 11.6 Å². The van der Waals surface area contributed by atoms with Crippen molar-refractivity contribution in [2.45, 2.75) is 6.92 Å². The van der Waals surface area contributed by atoms with Crippen LogP contribution in [0.5, 0.6) is 0 Å². The first-order chi connectivity index (χ1) is 10.1. The number of aryl methyl sites for hydroxylation is 1. The van der Waals surface area contributed by atoms with Crippen LogP contribution in [0, 0.1) is 6.92 Å². The number of benzene rings is 2. The molecule has 0 saturated carbocycles. The van der Waals surface area contributed by atoms with Gasteiger partial charge in [0.05, 0.1) is 16.6 Å². The highest BCUT2D eigenvalue weighted by Gasteiger charge is 2.08. The molecule has 0 aliphatic carbocycles. The summed E-state index contributed by atoms with van der Waals surface area (Å²) in [6, 6.07) is 12.8. The standard InChI is InChI=1S/C17H12ClNO2/c1-11-7-16-14(8-15(11)18)17(20)12(10-21-16)9-19-13-5-3-2-4-6-13/h2-10H,1H3. The average molecular weight is 298 g/mol. The normalized spacial score (nSPS) is 11.3. The van der Waals surface area contributed by atoms with Crippen LogP contribution in [0.1, 0.15) is 11.1 Å². The zero-order chi connectivity index (χ0) is 14.8. The van der Waals surface area contributed by atoms with E-state index < -0.39 is 0 Å². The molecule has 1 aromatic heterocycles. The Morgan fingerprint density at radius 3 is 2.71 bits per heavy atom. The van der Waals surface area contributed by atoms with E-state index >= 15 is 0 Å². The molecule has 3 nitrogen and oxygen atoms in total. The highest BCUT2D eigenvalue weighted by atomic mass is 35.5. The van der Waals surface area contributed by atoms with Gasteiger partial charge in [0.1, 0.15) is 11.8 Å². The van der Waals surface area contributed by atoms with E-state index in [1.165, 1.54) is 12.5 Å². The molecule has 0 unspecified atom stereocenters. The Bertz CT molecular complexity index is 882. The minimum Gasteiger partial charge on any atom is -0.463 e. The SMILES string of the molecule is Cc1cc2occ(C=Nc3ccccc3)c(=O)c2cc1Cl. The summed E-state index contributed by atoms with van der Waals surface area (Å²) in [6.45, 7) is 1.87. The summed E-state index contributed by atoms with van der Waals surface area (Å²) >= 11 is 6.07. The average Bonchev–Trinajstić information content (AvgIpc) is 2.50. The van der Waals surface area contributed by atoms with Crippen molar-refractivity contribution in [3.63, 3.8) is 0 Å². The van der Waals surface area contributed by atoms with Crippen molar-refractivity contribution in [3.8, 4) is 0 Å². The van der Waals surface area contributed by atoms with Crippen LogP contribution in [-0.2, 0) is 0 Å². The molecule has 4 heteroatoms. The number of rotatable bonds is 2. The van der Waals surface area contributed by atoms with Gasteiger partial charge >= 0.3 is 0 Å². The second kappa shape index (κ2) is 5.54. The van der Waals surface area contributed by atoms with Gasteiger partial charge in [0, 0.05) is 11.2 Å². The Kier molecular flexibility index (Phi) is 3.59. The highest BCUT2D eigenvalue weighted by molar-refractivity contribution is 6.32. The van der Waals surface area contributed by atoms with Crippen molar-refractivity contribution in [1.29, 1.82) is 0 Å². The van der Waals surface area contributed by atoms with Crippen molar-refractivity contribution in [3.05, 3.63) is 75.1 Å². The Hall–Kier alpha value is -2.39. The molecule has 0 N–H and O–H groups in total. The molecule has 0 atom stereocenters. The van der Waals surface area contributed by atoms with E-state index in [-0.39, 0.29) is 5.43 Å². The molecule has 3 aromatic rings. The van der Waals surface area contributed by atoms with Gasteiger partial charge in [-0.3, -0.25) is 9.79 Å². The molecule has 0 aliphatic heterocycles. The van der Waals surface area contributed by atoms with Gasteiger partial charge in [0.25, 0.3) is 0 Å². The van der Waals surface area contributed by atoms with E-state index in [1.807, 2.05) is 37.3 Å². The summed E-state index contributed by atoms with van der Waals surface area (Å²) in [5.41, 5.74) is 2.43. The van der Waals surface area contributed by atoms with Gasteiger partial charge in [-0.1, -0.05) is 29.8 Å². The van der Waals surface area contributed by atoms with Crippen molar-refractivity contribution >= 4 is 34.5 Å². The molecule has 1 heterocycles. The van der Waals surface area contributed by atoms with Gasteiger partial charge in [0.2, 0.25) is 5.43 Å². The Morgan fingerprint density at radius 2 is 1.95 bits per heavy atom. The molecule has 3 rings (SSSR count). The van der Waals surface area contributed by atoms with Crippen LogP contribution in [0.15, 0.2) is 62.9 Å². The summed E-state index contributed by atoms with van der Waals surface area (Å²) in [5, 5.41) is 1.01. The van der Waals surface area contributed by atoms with Crippen LogP contribution in [-0.4, -0.2) is 6.21 Å². The fourth-order valence-corrected chi connectivity index (χ4v) is 2.18. The monoisotopic (exact) mass is 297 g/mol. The zero-order valence-electron chi connectivity index (χ0n) is 11.3. The number of para-hydroxylation sites is 1. The van der Waals surface area contributed by atoms with E-state index in [9.17, 15) is 4.79 Å². The second-order valence-corrected chi connectivity index (χ2v) is 5.12. The minimum absolute atomic E-state index is 0.141. The molecular weight excluding hydrogens is 286 g/mol. The first-order valence-electron chi connectivity index (χ1n) is 6.46. The van der Waals surface area contributed by atoms with Gasteiger partial charge in [0.15, 0.2) is 0 Å². The predicted octanol–water partition coefficient (Wildman–Crippen LogP) is 4.51. The number of nitrogens with zero attached hydrogens (tertiary/aromatic N) is 1. The van der Waals surface area contributed by atoms with Crippen LogP contribution < -0.4 is 5.43 Å². The van der Waals surface area contributed by atoms with E-state index in [1.54, 1.807) is 12.1 Å². The smallest absolute Gasteiger partial charge is 0.201 e. The van der Waals surface area contributed by atoms with Crippen LogP contribution in [0.2, 0.25) is 5.02 Å². The molecule has 0 spiro atoms. The molecule has 0 saturated heterocycles. The lowest BCUT2D eigenvalue weighted by Crippen LogP contribution is -2.08. The minimum atomic E-state index is -0.141. The summed E-state index contributed by atoms with van der Waals surface area (Å²) in [5.74, 6) is 0. The summed E-state index contributed by atoms with van der Waals surface area (Å²) in [4.78, 5) is 16.7. The third-order valence-electron chi connectivity index (χ3n) is 3.19. The van der Waals surface area contributed by atoms with Gasteiger partial charge in [-0.05, 0) is 36.8 Å². The van der Waals surface area contributed by atoms with E-state index in [0.29, 0.717) is 21.6 Å². The largest absolute Gasteiger partial charge is 0.463 e.